The Morgan fingerprint density at radius 1 is 0.786 bits per heavy atom. The van der Waals surface area contributed by atoms with Gasteiger partial charge >= 0.3 is 0 Å². The molecule has 6 heteroatoms. The topological polar surface area (TPSA) is 76.0 Å². The summed E-state index contributed by atoms with van der Waals surface area (Å²) in [5.74, 6) is -0.655. The van der Waals surface area contributed by atoms with E-state index in [9.17, 15) is 9.59 Å². The summed E-state index contributed by atoms with van der Waals surface area (Å²) >= 11 is 0. The van der Waals surface area contributed by atoms with E-state index < -0.39 is 0 Å². The summed E-state index contributed by atoms with van der Waals surface area (Å²) in [7, 11) is 1.65. The van der Waals surface area contributed by atoms with Crippen LogP contribution in [0.4, 0.5) is 11.4 Å². The molecule has 1 aromatic heterocycles. The molecule has 2 aromatic carbocycles. The minimum atomic E-state index is -0.348. The van der Waals surface area contributed by atoms with E-state index in [0.29, 0.717) is 5.69 Å². The maximum atomic E-state index is 12.7. The molecule has 0 fully saturated rings. The van der Waals surface area contributed by atoms with Crippen LogP contribution in [0.1, 0.15) is 43.2 Å². The number of carbonyl (C=O) groups excluding carboxylic acids is 2. The van der Waals surface area contributed by atoms with Crippen LogP contribution >= 0.6 is 0 Å². The van der Waals surface area contributed by atoms with Gasteiger partial charge in [0.05, 0.1) is 0 Å². The van der Waals surface area contributed by atoms with Gasteiger partial charge in [0.15, 0.2) is 5.69 Å². The maximum Gasteiger partial charge on any atom is 0.276 e. The number of rotatable bonds is 4. The summed E-state index contributed by atoms with van der Waals surface area (Å²) < 4.78 is 1.42. The molecule has 28 heavy (non-hydrogen) atoms. The lowest BCUT2D eigenvalue weighted by Gasteiger charge is -2.11. The summed E-state index contributed by atoms with van der Waals surface area (Å²) in [6, 6.07) is 13.1. The molecule has 0 saturated heterocycles. The number of aromatic nitrogens is 2. The number of hydrogen-bond acceptors (Lipinski definition) is 3. The van der Waals surface area contributed by atoms with Gasteiger partial charge in [0.2, 0.25) is 0 Å². The largest absolute Gasteiger partial charge is 0.320 e. The zero-order chi connectivity index (χ0) is 20.4. The Kier molecular flexibility index (Phi) is 5.31. The second-order valence-electron chi connectivity index (χ2n) is 6.98. The molecule has 0 saturated carbocycles. The molecule has 144 valence electrons. The van der Waals surface area contributed by atoms with Crippen LogP contribution in [-0.2, 0) is 7.05 Å². The third-order valence-electron chi connectivity index (χ3n) is 4.78. The molecule has 1 heterocycles. The third-order valence-corrected chi connectivity index (χ3v) is 4.78. The fourth-order valence-corrected chi connectivity index (χ4v) is 3.17. The Morgan fingerprint density at radius 2 is 1.21 bits per heavy atom. The molecule has 3 aromatic rings. The summed E-state index contributed by atoms with van der Waals surface area (Å²) in [4.78, 5) is 25.4. The molecule has 6 nitrogen and oxygen atoms in total. The van der Waals surface area contributed by atoms with Crippen LogP contribution in [0.2, 0.25) is 0 Å². The fraction of sp³-hybridized carbons (Fsp3) is 0.227. The zero-order valence-electron chi connectivity index (χ0n) is 16.8. The van der Waals surface area contributed by atoms with Crippen LogP contribution in [0.3, 0.4) is 0 Å². The summed E-state index contributed by atoms with van der Waals surface area (Å²) in [5.41, 5.74) is 5.93. The second kappa shape index (κ2) is 7.68. The van der Waals surface area contributed by atoms with Gasteiger partial charge in [-0.1, -0.05) is 36.4 Å². The molecule has 0 atom stereocenters. The standard InChI is InChI=1S/C22H24N4O2/c1-13-8-6-9-14(2)19(13)23-21(27)17-12-18(26(5)25-17)22(28)24-20-15(3)10-7-11-16(20)4/h6-12H,1-5H3,(H,23,27)(H,24,28). The predicted octanol–water partition coefficient (Wildman–Crippen LogP) is 4.16. The molecule has 0 aliphatic carbocycles. The molecule has 0 bridgehead atoms. The second-order valence-corrected chi connectivity index (χ2v) is 6.98. The van der Waals surface area contributed by atoms with Gasteiger partial charge in [-0.3, -0.25) is 14.3 Å². The van der Waals surface area contributed by atoms with Gasteiger partial charge in [-0.2, -0.15) is 5.10 Å². The van der Waals surface area contributed by atoms with Crippen molar-refractivity contribution in [1.82, 2.24) is 9.78 Å². The highest BCUT2D eigenvalue weighted by Gasteiger charge is 2.19. The van der Waals surface area contributed by atoms with E-state index in [0.717, 1.165) is 33.6 Å². The van der Waals surface area contributed by atoms with Gasteiger partial charge in [-0.25, -0.2) is 0 Å². The summed E-state index contributed by atoms with van der Waals surface area (Å²) in [6.07, 6.45) is 0. The molecule has 0 radical (unpaired) electrons. The number of amides is 2. The van der Waals surface area contributed by atoms with E-state index in [-0.39, 0.29) is 17.5 Å². The summed E-state index contributed by atoms with van der Waals surface area (Å²) in [5, 5.41) is 10.0. The smallest absolute Gasteiger partial charge is 0.276 e. The van der Waals surface area contributed by atoms with Crippen molar-refractivity contribution in [2.75, 3.05) is 10.6 Å². The minimum Gasteiger partial charge on any atom is -0.320 e. The van der Waals surface area contributed by atoms with Crippen molar-refractivity contribution in [3.63, 3.8) is 0 Å². The van der Waals surface area contributed by atoms with Crippen molar-refractivity contribution in [3.8, 4) is 0 Å². The van der Waals surface area contributed by atoms with Gasteiger partial charge in [-0.15, -0.1) is 0 Å². The SMILES string of the molecule is Cc1cccc(C)c1NC(=O)c1cc(C(=O)Nc2c(C)cccc2C)n(C)n1. The molecule has 2 amide bonds. The van der Waals surface area contributed by atoms with Crippen molar-refractivity contribution in [3.05, 3.63) is 76.1 Å². The van der Waals surface area contributed by atoms with Crippen LogP contribution in [-0.4, -0.2) is 21.6 Å². The van der Waals surface area contributed by atoms with Crippen molar-refractivity contribution >= 4 is 23.2 Å². The monoisotopic (exact) mass is 376 g/mol. The number of nitrogens with zero attached hydrogens (tertiary/aromatic N) is 2. The van der Waals surface area contributed by atoms with Crippen molar-refractivity contribution in [2.45, 2.75) is 27.7 Å². The average molecular weight is 376 g/mol. The van der Waals surface area contributed by atoms with Crippen LogP contribution in [0.25, 0.3) is 0 Å². The van der Waals surface area contributed by atoms with Crippen LogP contribution in [0.5, 0.6) is 0 Å². The summed E-state index contributed by atoms with van der Waals surface area (Å²) in [6.45, 7) is 7.75. The van der Waals surface area contributed by atoms with Crippen molar-refractivity contribution in [2.24, 2.45) is 7.05 Å². The Bertz CT molecular complexity index is 1030. The number of anilines is 2. The molecule has 2 N–H and O–H groups in total. The molecular formula is C22H24N4O2. The first-order valence-corrected chi connectivity index (χ1v) is 9.07. The Balaban J connectivity index is 1.83. The van der Waals surface area contributed by atoms with Gasteiger partial charge in [-0.05, 0) is 49.9 Å². The lowest BCUT2D eigenvalue weighted by Crippen LogP contribution is -2.17. The highest BCUT2D eigenvalue weighted by molar-refractivity contribution is 6.08. The van der Waals surface area contributed by atoms with Crippen LogP contribution in [0.15, 0.2) is 42.5 Å². The van der Waals surface area contributed by atoms with Crippen molar-refractivity contribution in [1.29, 1.82) is 0 Å². The van der Waals surface area contributed by atoms with Crippen molar-refractivity contribution < 1.29 is 9.59 Å². The Labute approximate surface area is 164 Å². The van der Waals surface area contributed by atoms with Crippen LogP contribution in [0, 0.1) is 27.7 Å². The highest BCUT2D eigenvalue weighted by Crippen LogP contribution is 2.22. The maximum absolute atomic E-state index is 12.7. The highest BCUT2D eigenvalue weighted by atomic mass is 16.2. The van der Waals surface area contributed by atoms with E-state index in [1.807, 2.05) is 64.1 Å². The van der Waals surface area contributed by atoms with E-state index in [2.05, 4.69) is 15.7 Å². The zero-order valence-corrected chi connectivity index (χ0v) is 16.8. The van der Waals surface area contributed by atoms with Gasteiger partial charge in [0, 0.05) is 24.5 Å². The first-order valence-electron chi connectivity index (χ1n) is 9.07. The number of para-hydroxylation sites is 2. The van der Waals surface area contributed by atoms with Gasteiger partial charge in [0.25, 0.3) is 11.8 Å². The normalized spacial score (nSPS) is 10.6. The molecular weight excluding hydrogens is 352 g/mol. The minimum absolute atomic E-state index is 0.191. The third kappa shape index (κ3) is 3.81. The van der Waals surface area contributed by atoms with E-state index in [1.54, 1.807) is 7.05 Å². The molecule has 0 spiro atoms. The quantitative estimate of drug-likeness (QED) is 0.718. The number of hydrogen-bond donors (Lipinski definition) is 2. The molecule has 0 aliphatic rings. The van der Waals surface area contributed by atoms with E-state index in [4.69, 9.17) is 0 Å². The van der Waals surface area contributed by atoms with Gasteiger partial charge < -0.3 is 10.6 Å². The molecule has 0 unspecified atom stereocenters. The lowest BCUT2D eigenvalue weighted by molar-refractivity contribution is 0.101. The fourth-order valence-electron chi connectivity index (χ4n) is 3.17. The van der Waals surface area contributed by atoms with Gasteiger partial charge in [0.1, 0.15) is 5.69 Å². The first-order chi connectivity index (χ1) is 13.3. The molecule has 3 rings (SSSR count). The first kappa shape index (κ1) is 19.4. The Hall–Kier alpha value is -3.41. The predicted molar refractivity (Wildman–Crippen MR) is 111 cm³/mol. The Morgan fingerprint density at radius 3 is 1.68 bits per heavy atom. The number of carbonyl (C=O) groups is 2. The lowest BCUT2D eigenvalue weighted by atomic mass is 10.1. The number of aryl methyl sites for hydroxylation is 5. The molecule has 0 aliphatic heterocycles. The number of benzene rings is 2. The van der Waals surface area contributed by atoms with E-state index >= 15 is 0 Å². The number of nitrogens with one attached hydrogen (secondary N) is 2. The average Bonchev–Trinajstić information content (AvgIpc) is 3.03. The van der Waals surface area contributed by atoms with Crippen LogP contribution < -0.4 is 10.6 Å². The van der Waals surface area contributed by atoms with E-state index in [1.165, 1.54) is 10.7 Å².